The number of ether oxygens (including phenoxy) is 1. The van der Waals surface area contributed by atoms with Crippen LogP contribution in [-0.4, -0.2) is 64.3 Å². The summed E-state index contributed by atoms with van der Waals surface area (Å²) >= 11 is 0. The molecule has 1 aromatic heterocycles. The first-order valence-corrected chi connectivity index (χ1v) is 13.1. The number of phosphoric ester groups is 1. The Morgan fingerprint density at radius 1 is 1.12 bits per heavy atom. The second-order valence-corrected chi connectivity index (χ2v) is 10.8. The number of hydrogen-bond donors (Lipinski definition) is 8. The smallest absolute Gasteiger partial charge is 0.405 e. The van der Waals surface area contributed by atoms with Crippen molar-refractivity contribution >= 4 is 29.3 Å². The lowest BCUT2D eigenvalue weighted by molar-refractivity contribution is -0.0542. The van der Waals surface area contributed by atoms with Crippen LogP contribution < -0.4 is 17.2 Å². The molecule has 2 unspecified atom stereocenters. The molecule has 2 rings (SSSR count). The number of nitrogens with zero attached hydrogens (tertiary/aromatic N) is 2. The maximum absolute atomic E-state index is 12.2. The first-order chi connectivity index (χ1) is 15.1. The van der Waals surface area contributed by atoms with Crippen LogP contribution in [0.15, 0.2) is 23.3 Å². The van der Waals surface area contributed by atoms with E-state index in [-0.39, 0.29) is 12.2 Å². The van der Waals surface area contributed by atoms with Crippen LogP contribution in [0.25, 0.3) is 0 Å². The number of aliphatic hydroxyl groups excluding tert-OH is 2. The Morgan fingerprint density at radius 3 is 2.33 bits per heavy atom. The Hall–Kier alpha value is -1.49. The minimum Gasteiger partial charge on any atom is -0.405 e. The van der Waals surface area contributed by atoms with E-state index in [0.717, 1.165) is 4.57 Å². The first kappa shape index (κ1) is 27.8. The lowest BCUT2D eigenvalue weighted by atomic mass is 10.1. The maximum atomic E-state index is 12.2. The summed E-state index contributed by atoms with van der Waals surface area (Å²) in [5, 5.41) is 20.4. The summed E-state index contributed by atoms with van der Waals surface area (Å²) in [6, 6.07) is 0. The van der Waals surface area contributed by atoms with Crippen molar-refractivity contribution in [3.63, 3.8) is 0 Å². The number of hydrogen-bond acceptors (Lipinski definition) is 13. The van der Waals surface area contributed by atoms with Crippen LogP contribution in [0.3, 0.4) is 0 Å². The van der Waals surface area contributed by atoms with Crippen LogP contribution in [0.2, 0.25) is 0 Å². The Balaban J connectivity index is 2.14. The Kier molecular flexibility index (Phi) is 8.76. The Bertz CT molecular complexity index is 1090. The Morgan fingerprint density at radius 2 is 1.76 bits per heavy atom. The van der Waals surface area contributed by atoms with E-state index in [1.807, 2.05) is 0 Å². The second-order valence-electron chi connectivity index (χ2n) is 6.41. The van der Waals surface area contributed by atoms with E-state index < -0.39 is 60.3 Å². The molecule has 2 heterocycles. The molecule has 1 aromatic rings. The summed E-state index contributed by atoms with van der Waals surface area (Å²) in [6.07, 6.45) is -2.61. The van der Waals surface area contributed by atoms with Crippen LogP contribution in [-0.2, 0) is 38.0 Å². The number of nitrogen functional groups attached to an aromatic ring is 1. The van der Waals surface area contributed by atoms with Crippen molar-refractivity contribution in [2.45, 2.75) is 31.0 Å². The van der Waals surface area contributed by atoms with Gasteiger partial charge in [0.1, 0.15) is 24.1 Å². The molecule has 6 atom stereocenters. The standard InChI is InChI=1S/C12H21N4O14P3/c13-3-1-2-6-4-16(12(19)15-10(6)14)11-9(18)8(17)7(28-11)5-27-32(23,24)30-33(25,26)29-31(20,21)22/h1,3-4,7-9,11,17-18H,2,5,13H2,(H,23,24)(H,25,26)(H2,14,15,19)(H2,20,21,22)/t7-,8-,9-,11-/m1/s1. The van der Waals surface area contributed by atoms with Crippen LogP contribution in [0.1, 0.15) is 11.8 Å². The van der Waals surface area contributed by atoms with Crippen molar-refractivity contribution in [3.05, 3.63) is 34.5 Å². The van der Waals surface area contributed by atoms with Gasteiger partial charge in [0.25, 0.3) is 0 Å². The molecule has 0 amide bonds. The molecule has 1 aliphatic rings. The highest BCUT2D eigenvalue weighted by Gasteiger charge is 2.46. The minimum atomic E-state index is -5.74. The zero-order valence-electron chi connectivity index (χ0n) is 16.3. The molecule has 0 radical (unpaired) electrons. The molecule has 1 fully saturated rings. The maximum Gasteiger partial charge on any atom is 0.490 e. The number of nitrogens with two attached hydrogens (primary N) is 2. The molecule has 1 saturated heterocycles. The van der Waals surface area contributed by atoms with Gasteiger partial charge in [0.2, 0.25) is 0 Å². The van der Waals surface area contributed by atoms with E-state index in [4.69, 9.17) is 30.9 Å². The van der Waals surface area contributed by atoms with E-state index in [0.29, 0.717) is 5.56 Å². The van der Waals surface area contributed by atoms with Gasteiger partial charge in [0, 0.05) is 11.8 Å². The van der Waals surface area contributed by atoms with Gasteiger partial charge in [-0.15, -0.1) is 0 Å². The van der Waals surface area contributed by atoms with Gasteiger partial charge in [-0.2, -0.15) is 13.6 Å². The van der Waals surface area contributed by atoms with Crippen molar-refractivity contribution < 1.29 is 61.4 Å². The third-order valence-electron chi connectivity index (χ3n) is 3.96. The third-order valence-corrected chi connectivity index (χ3v) is 7.77. The second kappa shape index (κ2) is 10.4. The normalized spacial score (nSPS) is 27.5. The van der Waals surface area contributed by atoms with Crippen LogP contribution in [0.5, 0.6) is 0 Å². The fourth-order valence-corrected chi connectivity index (χ4v) is 5.65. The largest absolute Gasteiger partial charge is 0.490 e. The van der Waals surface area contributed by atoms with Gasteiger partial charge in [0.15, 0.2) is 6.23 Å². The van der Waals surface area contributed by atoms with Crippen LogP contribution in [0.4, 0.5) is 5.82 Å². The molecule has 1 aliphatic heterocycles. The van der Waals surface area contributed by atoms with Crippen molar-refractivity contribution in [1.82, 2.24) is 9.55 Å². The topological polar surface area (TPSA) is 296 Å². The fraction of sp³-hybridized carbons (Fsp3) is 0.500. The van der Waals surface area contributed by atoms with E-state index in [1.54, 1.807) is 0 Å². The number of aromatic nitrogens is 2. The number of rotatable bonds is 10. The van der Waals surface area contributed by atoms with Crippen molar-refractivity contribution in [2.24, 2.45) is 5.73 Å². The molecule has 188 valence electrons. The van der Waals surface area contributed by atoms with Crippen LogP contribution >= 0.6 is 23.5 Å². The SMILES string of the molecule is NC=CCc1cn([C@@H]2O[C@H](COP(=O)(O)OP(=O)(O)OP(=O)(O)O)[C@@H](O)[C@H]2O)c(=O)nc1N. The van der Waals surface area contributed by atoms with Gasteiger partial charge in [0.05, 0.1) is 6.61 Å². The number of aliphatic hydroxyl groups is 2. The highest BCUT2D eigenvalue weighted by atomic mass is 31.3. The Labute approximate surface area is 184 Å². The molecule has 21 heteroatoms. The van der Waals surface area contributed by atoms with Gasteiger partial charge in [-0.3, -0.25) is 9.09 Å². The molecule has 0 aromatic carbocycles. The third kappa shape index (κ3) is 7.77. The number of allylic oxidation sites excluding steroid dienone is 1. The fourth-order valence-electron chi connectivity index (χ4n) is 2.62. The summed E-state index contributed by atoms with van der Waals surface area (Å²) in [7, 11) is -16.8. The summed E-state index contributed by atoms with van der Waals surface area (Å²) in [5.74, 6) is -0.119. The van der Waals surface area contributed by atoms with E-state index in [2.05, 4.69) is 18.1 Å². The molecule has 0 saturated carbocycles. The molecule has 33 heavy (non-hydrogen) atoms. The van der Waals surface area contributed by atoms with Crippen molar-refractivity contribution in [3.8, 4) is 0 Å². The van der Waals surface area contributed by atoms with Gasteiger partial charge >= 0.3 is 29.2 Å². The molecule has 0 aliphatic carbocycles. The lowest BCUT2D eigenvalue weighted by Crippen LogP contribution is -2.36. The van der Waals surface area contributed by atoms with E-state index in [9.17, 15) is 33.6 Å². The van der Waals surface area contributed by atoms with E-state index in [1.165, 1.54) is 18.5 Å². The van der Waals surface area contributed by atoms with Crippen molar-refractivity contribution in [2.75, 3.05) is 12.3 Å². The van der Waals surface area contributed by atoms with E-state index >= 15 is 0 Å². The van der Waals surface area contributed by atoms with Gasteiger partial charge in [-0.05, 0) is 12.6 Å². The van der Waals surface area contributed by atoms with Crippen molar-refractivity contribution in [1.29, 1.82) is 0 Å². The quantitative estimate of drug-likeness (QED) is 0.147. The molecule has 10 N–H and O–H groups in total. The molecule has 0 bridgehead atoms. The molecule has 18 nitrogen and oxygen atoms in total. The zero-order chi connectivity index (χ0) is 25.2. The monoisotopic (exact) mass is 538 g/mol. The predicted molar refractivity (Wildman–Crippen MR) is 106 cm³/mol. The highest BCUT2D eigenvalue weighted by Crippen LogP contribution is 2.66. The minimum absolute atomic E-state index is 0.119. The van der Waals surface area contributed by atoms with Crippen LogP contribution in [0, 0.1) is 0 Å². The summed E-state index contributed by atoms with van der Waals surface area (Å²) in [5.41, 5.74) is 10.3. The summed E-state index contributed by atoms with van der Waals surface area (Å²) in [4.78, 5) is 51.4. The van der Waals surface area contributed by atoms with Gasteiger partial charge in [-0.1, -0.05) is 6.08 Å². The number of phosphoric acid groups is 3. The lowest BCUT2D eigenvalue weighted by Gasteiger charge is -2.19. The molecular weight excluding hydrogens is 517 g/mol. The zero-order valence-corrected chi connectivity index (χ0v) is 19.0. The number of anilines is 1. The summed E-state index contributed by atoms with van der Waals surface area (Å²) in [6.45, 7) is -1.04. The van der Waals surface area contributed by atoms with Gasteiger partial charge < -0.3 is 46.0 Å². The first-order valence-electron chi connectivity index (χ1n) is 8.59. The average molecular weight is 538 g/mol. The highest BCUT2D eigenvalue weighted by molar-refractivity contribution is 7.66. The predicted octanol–water partition coefficient (Wildman–Crippen LogP) is -2.20. The molecule has 0 spiro atoms. The van der Waals surface area contributed by atoms with Gasteiger partial charge in [-0.25, -0.2) is 18.5 Å². The molecular formula is C12H21N4O14P3. The average Bonchev–Trinajstić information content (AvgIpc) is 2.91. The summed E-state index contributed by atoms with van der Waals surface area (Å²) < 4.78 is 51.3.